The van der Waals surface area contributed by atoms with Gasteiger partial charge in [0.25, 0.3) is 0 Å². The van der Waals surface area contributed by atoms with Crippen molar-refractivity contribution in [3.63, 3.8) is 0 Å². The number of piperazine rings is 1. The Morgan fingerprint density at radius 1 is 1.00 bits per heavy atom. The molecule has 3 unspecified atom stereocenters. The standard InChI is InChI=1S/C27H27ClFN3O2/c1-18(25-5-3-4-6-26(25)28)31-16-22-15-21(31)17-32(22)27(33)30(2)20-9-13-24(14-10-20)34-23-11-7-19(29)8-12-23/h3-14,18,21-22H,15-17H2,1-2H3. The zero-order chi connectivity index (χ0) is 23.8. The number of fused-ring (bicyclic) bond motifs is 2. The third-order valence-electron chi connectivity index (χ3n) is 6.94. The molecule has 2 saturated heterocycles. The molecule has 2 aliphatic rings. The van der Waals surface area contributed by atoms with Crippen molar-refractivity contribution in [2.75, 3.05) is 25.0 Å². The second-order valence-electron chi connectivity index (χ2n) is 8.98. The Bertz CT molecular complexity index is 1170. The molecule has 2 amide bonds. The van der Waals surface area contributed by atoms with E-state index in [1.54, 1.807) is 24.1 Å². The lowest BCUT2D eigenvalue weighted by molar-refractivity contribution is 0.113. The largest absolute Gasteiger partial charge is 0.457 e. The summed E-state index contributed by atoms with van der Waals surface area (Å²) in [7, 11) is 1.80. The molecule has 5 rings (SSSR count). The number of rotatable bonds is 5. The molecule has 0 saturated carbocycles. The predicted octanol–water partition coefficient (Wildman–Crippen LogP) is 6.35. The van der Waals surface area contributed by atoms with Crippen LogP contribution in [0.3, 0.4) is 0 Å². The zero-order valence-electron chi connectivity index (χ0n) is 19.2. The summed E-state index contributed by atoms with van der Waals surface area (Å²) in [4.78, 5) is 19.4. The number of benzene rings is 3. The number of amides is 2. The minimum atomic E-state index is -0.306. The number of carbonyl (C=O) groups excluding carboxylic acids is 1. The van der Waals surface area contributed by atoms with Crippen LogP contribution in [0.1, 0.15) is 24.9 Å². The summed E-state index contributed by atoms with van der Waals surface area (Å²) in [6, 6.07) is 22.0. The van der Waals surface area contributed by atoms with E-state index < -0.39 is 0 Å². The van der Waals surface area contributed by atoms with Crippen LogP contribution in [0.4, 0.5) is 14.9 Å². The number of hydrogen-bond donors (Lipinski definition) is 0. The van der Waals surface area contributed by atoms with E-state index in [0.29, 0.717) is 24.1 Å². The summed E-state index contributed by atoms with van der Waals surface area (Å²) in [5.74, 6) is 0.878. The average molecular weight is 480 g/mol. The molecule has 2 bridgehead atoms. The van der Waals surface area contributed by atoms with Crippen molar-refractivity contribution in [3.8, 4) is 11.5 Å². The number of urea groups is 1. The van der Waals surface area contributed by atoms with Crippen molar-refractivity contribution in [1.82, 2.24) is 9.80 Å². The average Bonchev–Trinajstić information content (AvgIpc) is 3.46. The second-order valence-corrected chi connectivity index (χ2v) is 9.39. The van der Waals surface area contributed by atoms with Crippen molar-refractivity contribution in [2.45, 2.75) is 31.5 Å². The van der Waals surface area contributed by atoms with Crippen LogP contribution in [0, 0.1) is 5.82 Å². The van der Waals surface area contributed by atoms with Gasteiger partial charge in [-0.15, -0.1) is 0 Å². The van der Waals surface area contributed by atoms with Gasteiger partial charge >= 0.3 is 6.03 Å². The minimum absolute atomic E-state index is 0.00440. The van der Waals surface area contributed by atoms with Crippen molar-refractivity contribution in [1.29, 1.82) is 0 Å². The van der Waals surface area contributed by atoms with E-state index in [4.69, 9.17) is 16.3 Å². The summed E-state index contributed by atoms with van der Waals surface area (Å²) in [5, 5.41) is 0.789. The number of nitrogens with zero attached hydrogens (tertiary/aromatic N) is 3. The van der Waals surface area contributed by atoms with Gasteiger partial charge in [-0.2, -0.15) is 0 Å². The molecular formula is C27H27ClFN3O2. The number of halogens is 2. The van der Waals surface area contributed by atoms with E-state index in [9.17, 15) is 9.18 Å². The van der Waals surface area contributed by atoms with Crippen LogP contribution in [0.25, 0.3) is 0 Å². The molecule has 0 radical (unpaired) electrons. The Kier molecular flexibility index (Phi) is 6.19. The van der Waals surface area contributed by atoms with E-state index >= 15 is 0 Å². The molecule has 176 valence electrons. The Labute approximate surface area is 204 Å². The van der Waals surface area contributed by atoms with E-state index in [0.717, 1.165) is 29.2 Å². The summed E-state index contributed by atoms with van der Waals surface area (Å²) < 4.78 is 18.8. The first-order valence-electron chi connectivity index (χ1n) is 11.5. The molecule has 3 aromatic rings. The fraction of sp³-hybridized carbons (Fsp3) is 0.296. The lowest BCUT2D eigenvalue weighted by Crippen LogP contribution is -2.52. The van der Waals surface area contributed by atoms with E-state index in [1.807, 2.05) is 47.4 Å². The molecule has 5 nitrogen and oxygen atoms in total. The van der Waals surface area contributed by atoms with Gasteiger partial charge in [0, 0.05) is 49.0 Å². The van der Waals surface area contributed by atoms with Gasteiger partial charge in [-0.1, -0.05) is 29.8 Å². The van der Waals surface area contributed by atoms with E-state index in [1.165, 1.54) is 12.1 Å². The Morgan fingerprint density at radius 3 is 2.26 bits per heavy atom. The molecule has 3 aromatic carbocycles. The third-order valence-corrected chi connectivity index (χ3v) is 7.29. The maximum absolute atomic E-state index is 13.3. The highest BCUT2D eigenvalue weighted by atomic mass is 35.5. The Morgan fingerprint density at radius 2 is 1.65 bits per heavy atom. The number of ether oxygens (including phenoxy) is 1. The Balaban J connectivity index is 1.21. The summed E-state index contributed by atoms with van der Waals surface area (Å²) >= 11 is 6.43. The molecule has 0 aliphatic carbocycles. The van der Waals surface area contributed by atoms with Crippen LogP contribution in [0.5, 0.6) is 11.5 Å². The predicted molar refractivity (Wildman–Crippen MR) is 132 cm³/mol. The molecule has 3 atom stereocenters. The normalized spacial score (nSPS) is 20.4. The first-order chi connectivity index (χ1) is 16.4. The van der Waals surface area contributed by atoms with Crippen LogP contribution < -0.4 is 9.64 Å². The van der Waals surface area contributed by atoms with Gasteiger partial charge in [-0.25, -0.2) is 9.18 Å². The monoisotopic (exact) mass is 479 g/mol. The minimum Gasteiger partial charge on any atom is -0.457 e. The van der Waals surface area contributed by atoms with Crippen LogP contribution in [0.2, 0.25) is 5.02 Å². The molecule has 34 heavy (non-hydrogen) atoms. The van der Waals surface area contributed by atoms with Gasteiger partial charge in [0.15, 0.2) is 0 Å². The highest BCUT2D eigenvalue weighted by Gasteiger charge is 2.47. The zero-order valence-corrected chi connectivity index (χ0v) is 20.0. The molecule has 0 spiro atoms. The van der Waals surface area contributed by atoms with E-state index in [-0.39, 0.29) is 23.9 Å². The van der Waals surface area contributed by atoms with Crippen LogP contribution in [-0.4, -0.2) is 48.1 Å². The third kappa shape index (κ3) is 4.36. The molecule has 0 N–H and O–H groups in total. The molecule has 7 heteroatoms. The number of hydrogen-bond acceptors (Lipinski definition) is 3. The van der Waals surface area contributed by atoms with Crippen LogP contribution in [-0.2, 0) is 0 Å². The van der Waals surface area contributed by atoms with Gasteiger partial charge in [0.1, 0.15) is 17.3 Å². The second kappa shape index (κ2) is 9.28. The van der Waals surface area contributed by atoms with Crippen LogP contribution in [0.15, 0.2) is 72.8 Å². The topological polar surface area (TPSA) is 36.0 Å². The van der Waals surface area contributed by atoms with E-state index in [2.05, 4.69) is 17.9 Å². The first kappa shape index (κ1) is 22.7. The maximum atomic E-state index is 13.3. The van der Waals surface area contributed by atoms with Gasteiger partial charge < -0.3 is 9.64 Å². The SMILES string of the molecule is CC(c1ccccc1Cl)N1CC2CC1CN2C(=O)N(C)c1ccc(Oc2ccc(F)cc2)cc1. The first-order valence-corrected chi connectivity index (χ1v) is 11.9. The Hall–Kier alpha value is -3.09. The number of anilines is 1. The van der Waals surface area contributed by atoms with Gasteiger partial charge in [0.2, 0.25) is 0 Å². The number of carbonyl (C=O) groups is 1. The smallest absolute Gasteiger partial charge is 0.324 e. The highest BCUT2D eigenvalue weighted by molar-refractivity contribution is 6.31. The summed E-state index contributed by atoms with van der Waals surface area (Å²) in [5.41, 5.74) is 1.93. The van der Waals surface area contributed by atoms with Crippen LogP contribution >= 0.6 is 11.6 Å². The molecule has 2 heterocycles. The fourth-order valence-electron chi connectivity index (χ4n) is 5.08. The summed E-state index contributed by atoms with van der Waals surface area (Å²) in [6.07, 6.45) is 0.985. The van der Waals surface area contributed by atoms with Gasteiger partial charge in [0.05, 0.1) is 0 Å². The molecule has 0 aromatic heterocycles. The van der Waals surface area contributed by atoms with Crippen molar-refractivity contribution in [3.05, 3.63) is 89.2 Å². The quantitative estimate of drug-likeness (QED) is 0.428. The van der Waals surface area contributed by atoms with Crippen molar-refractivity contribution >= 4 is 23.3 Å². The van der Waals surface area contributed by atoms with Gasteiger partial charge in [-0.3, -0.25) is 9.80 Å². The highest BCUT2D eigenvalue weighted by Crippen LogP contribution is 2.39. The molecule has 2 aliphatic heterocycles. The maximum Gasteiger partial charge on any atom is 0.324 e. The van der Waals surface area contributed by atoms with Crippen molar-refractivity contribution in [2.24, 2.45) is 0 Å². The molecule has 2 fully saturated rings. The lowest BCUT2D eigenvalue weighted by atomic mass is 10.1. The molecular weight excluding hydrogens is 453 g/mol. The van der Waals surface area contributed by atoms with Crippen molar-refractivity contribution < 1.29 is 13.9 Å². The number of likely N-dealkylation sites (tertiary alicyclic amines) is 2. The lowest BCUT2D eigenvalue weighted by Gasteiger charge is -2.39. The summed E-state index contributed by atoms with van der Waals surface area (Å²) in [6.45, 7) is 3.76. The fourth-order valence-corrected chi connectivity index (χ4v) is 5.37. The van der Waals surface area contributed by atoms with Gasteiger partial charge in [-0.05, 0) is 73.5 Å².